The Labute approximate surface area is 158 Å². The Hall–Kier alpha value is -2.93. The first-order valence-electron chi connectivity index (χ1n) is 8.58. The molecule has 3 rings (SSSR count). The highest BCUT2D eigenvalue weighted by Gasteiger charge is 2.22. The number of benzene rings is 1. The lowest BCUT2D eigenvalue weighted by Gasteiger charge is -2.33. The summed E-state index contributed by atoms with van der Waals surface area (Å²) in [7, 11) is -3.35. The molecular weight excluding hydrogens is 366 g/mol. The van der Waals surface area contributed by atoms with Gasteiger partial charge in [0, 0.05) is 31.2 Å². The third-order valence-electron chi connectivity index (χ3n) is 4.57. The zero-order valence-electron chi connectivity index (χ0n) is 15.2. The monoisotopic (exact) mass is 387 g/mol. The van der Waals surface area contributed by atoms with Crippen molar-refractivity contribution in [1.29, 1.82) is 5.26 Å². The maximum Gasteiger partial charge on any atom is 0.216 e. The van der Waals surface area contributed by atoms with Gasteiger partial charge in [-0.25, -0.2) is 8.42 Å². The SMILES string of the molecule is CC1CCN(c2cc(NC=C(C#N)c3nn[nH]n3)ccc2S(C)(=O)=O)CC1. The number of nitriles is 1. The van der Waals surface area contributed by atoms with Gasteiger partial charge < -0.3 is 10.2 Å². The molecule has 0 bridgehead atoms. The quantitative estimate of drug-likeness (QED) is 0.744. The molecular formula is C17H21N7O2S. The Balaban J connectivity index is 1.91. The second kappa shape index (κ2) is 7.75. The second-order valence-corrected chi connectivity index (χ2v) is 8.66. The Bertz CT molecular complexity index is 969. The predicted molar refractivity (Wildman–Crippen MR) is 102 cm³/mol. The van der Waals surface area contributed by atoms with Crippen molar-refractivity contribution < 1.29 is 8.42 Å². The van der Waals surface area contributed by atoms with E-state index in [0.717, 1.165) is 25.9 Å². The summed E-state index contributed by atoms with van der Waals surface area (Å²) in [5, 5.41) is 25.6. The molecule has 2 heterocycles. The van der Waals surface area contributed by atoms with Crippen LogP contribution in [0.25, 0.3) is 5.57 Å². The maximum atomic E-state index is 12.2. The van der Waals surface area contributed by atoms with Crippen LogP contribution in [0.2, 0.25) is 0 Å². The summed E-state index contributed by atoms with van der Waals surface area (Å²) in [6.07, 6.45) is 4.74. The fourth-order valence-electron chi connectivity index (χ4n) is 3.00. The number of hydrogen-bond acceptors (Lipinski definition) is 8. The Kier molecular flexibility index (Phi) is 5.41. The molecule has 1 aromatic carbocycles. The van der Waals surface area contributed by atoms with E-state index in [2.05, 4.69) is 37.8 Å². The van der Waals surface area contributed by atoms with Crippen molar-refractivity contribution in [1.82, 2.24) is 20.6 Å². The van der Waals surface area contributed by atoms with E-state index < -0.39 is 9.84 Å². The third kappa shape index (κ3) is 4.43. The largest absolute Gasteiger partial charge is 0.370 e. The Morgan fingerprint density at radius 1 is 1.41 bits per heavy atom. The molecule has 0 amide bonds. The number of nitrogens with one attached hydrogen (secondary N) is 2. The molecule has 1 aliphatic heterocycles. The summed E-state index contributed by atoms with van der Waals surface area (Å²) >= 11 is 0. The van der Waals surface area contributed by atoms with Crippen molar-refractivity contribution in [2.45, 2.75) is 24.7 Å². The number of piperidine rings is 1. The molecule has 10 heteroatoms. The molecule has 0 unspecified atom stereocenters. The van der Waals surface area contributed by atoms with Crippen LogP contribution in [0.1, 0.15) is 25.6 Å². The molecule has 2 N–H and O–H groups in total. The van der Waals surface area contributed by atoms with Crippen LogP contribution in [0.4, 0.5) is 11.4 Å². The van der Waals surface area contributed by atoms with Crippen LogP contribution in [0, 0.1) is 17.2 Å². The van der Waals surface area contributed by atoms with Gasteiger partial charge in [-0.15, -0.1) is 10.2 Å². The Morgan fingerprint density at radius 2 is 2.15 bits per heavy atom. The number of allylic oxidation sites excluding steroid dienone is 1. The van der Waals surface area contributed by atoms with E-state index in [9.17, 15) is 13.7 Å². The lowest BCUT2D eigenvalue weighted by molar-refractivity contribution is 0.437. The maximum absolute atomic E-state index is 12.2. The van der Waals surface area contributed by atoms with Gasteiger partial charge in [-0.2, -0.15) is 10.5 Å². The predicted octanol–water partition coefficient (Wildman–Crippen LogP) is 1.82. The van der Waals surface area contributed by atoms with Gasteiger partial charge in [-0.3, -0.25) is 0 Å². The summed E-state index contributed by atoms with van der Waals surface area (Å²) in [5.74, 6) is 0.823. The van der Waals surface area contributed by atoms with E-state index in [1.807, 2.05) is 6.07 Å². The van der Waals surface area contributed by atoms with Gasteiger partial charge in [0.1, 0.15) is 11.6 Å². The fraction of sp³-hybridized carbons (Fsp3) is 0.412. The minimum Gasteiger partial charge on any atom is -0.370 e. The smallest absolute Gasteiger partial charge is 0.216 e. The molecule has 1 fully saturated rings. The molecule has 1 saturated heterocycles. The molecule has 2 aromatic rings. The summed E-state index contributed by atoms with van der Waals surface area (Å²) in [6, 6.07) is 7.07. The summed E-state index contributed by atoms with van der Waals surface area (Å²) < 4.78 is 24.4. The zero-order chi connectivity index (χ0) is 19.4. The van der Waals surface area contributed by atoms with Gasteiger partial charge in [0.2, 0.25) is 5.82 Å². The first-order chi connectivity index (χ1) is 12.9. The van der Waals surface area contributed by atoms with Crippen LogP contribution in [0.5, 0.6) is 0 Å². The van der Waals surface area contributed by atoms with Crippen molar-refractivity contribution >= 4 is 26.8 Å². The lowest BCUT2D eigenvalue weighted by atomic mass is 9.99. The van der Waals surface area contributed by atoms with E-state index in [1.165, 1.54) is 12.5 Å². The highest BCUT2D eigenvalue weighted by atomic mass is 32.2. The number of anilines is 2. The summed E-state index contributed by atoms with van der Waals surface area (Å²) in [5.41, 5.74) is 1.57. The van der Waals surface area contributed by atoms with E-state index in [1.54, 1.807) is 18.2 Å². The van der Waals surface area contributed by atoms with Crippen LogP contribution in [0.3, 0.4) is 0 Å². The van der Waals surface area contributed by atoms with Crippen LogP contribution in [0.15, 0.2) is 29.3 Å². The van der Waals surface area contributed by atoms with Crippen LogP contribution >= 0.6 is 0 Å². The second-order valence-electron chi connectivity index (χ2n) is 6.67. The van der Waals surface area contributed by atoms with Crippen molar-refractivity contribution in [2.24, 2.45) is 5.92 Å². The van der Waals surface area contributed by atoms with Crippen molar-refractivity contribution in [3.05, 3.63) is 30.2 Å². The number of aromatic amines is 1. The van der Waals surface area contributed by atoms with Crippen molar-refractivity contribution in [3.63, 3.8) is 0 Å². The van der Waals surface area contributed by atoms with Gasteiger partial charge >= 0.3 is 0 Å². The highest BCUT2D eigenvalue weighted by molar-refractivity contribution is 7.90. The fourth-order valence-corrected chi connectivity index (χ4v) is 3.88. The zero-order valence-corrected chi connectivity index (χ0v) is 16.0. The standard InChI is InChI=1S/C17H21N7O2S/c1-12-5-7-24(8-6-12)15-9-14(3-4-16(15)27(2,25)26)19-11-13(10-18)17-20-22-23-21-17/h3-4,9,11-12,19H,5-8H2,1-2H3,(H,20,21,22,23). The minimum absolute atomic E-state index is 0.183. The van der Waals surface area contributed by atoms with E-state index in [-0.39, 0.29) is 11.4 Å². The van der Waals surface area contributed by atoms with Crippen LogP contribution in [-0.2, 0) is 9.84 Å². The first kappa shape index (κ1) is 18.8. The first-order valence-corrected chi connectivity index (χ1v) is 10.5. The van der Waals surface area contributed by atoms with Gasteiger partial charge in [-0.05, 0) is 42.2 Å². The number of sulfone groups is 1. The number of H-pyrrole nitrogens is 1. The number of tetrazole rings is 1. The molecule has 0 radical (unpaired) electrons. The average Bonchev–Trinajstić information content (AvgIpc) is 3.16. The topological polar surface area (TPSA) is 128 Å². The Morgan fingerprint density at radius 3 is 2.74 bits per heavy atom. The third-order valence-corrected chi connectivity index (χ3v) is 5.72. The molecule has 1 aliphatic rings. The van der Waals surface area contributed by atoms with Crippen molar-refractivity contribution in [3.8, 4) is 6.07 Å². The van der Waals surface area contributed by atoms with E-state index in [0.29, 0.717) is 22.2 Å². The van der Waals surface area contributed by atoms with Crippen LogP contribution < -0.4 is 10.2 Å². The van der Waals surface area contributed by atoms with E-state index in [4.69, 9.17) is 0 Å². The highest BCUT2D eigenvalue weighted by Crippen LogP contribution is 2.32. The number of rotatable bonds is 5. The molecule has 27 heavy (non-hydrogen) atoms. The molecule has 1 aromatic heterocycles. The van der Waals surface area contributed by atoms with Gasteiger partial charge in [0.15, 0.2) is 9.84 Å². The average molecular weight is 387 g/mol. The molecule has 0 aliphatic carbocycles. The molecule has 9 nitrogen and oxygen atoms in total. The summed E-state index contributed by atoms with van der Waals surface area (Å²) in [6.45, 7) is 3.84. The van der Waals surface area contributed by atoms with E-state index >= 15 is 0 Å². The molecule has 0 atom stereocenters. The molecule has 0 spiro atoms. The number of hydrogen-bond donors (Lipinski definition) is 2. The summed E-state index contributed by atoms with van der Waals surface area (Å²) in [4.78, 5) is 2.42. The number of aromatic nitrogens is 4. The van der Waals surface area contributed by atoms with Gasteiger partial charge in [-0.1, -0.05) is 6.92 Å². The van der Waals surface area contributed by atoms with Crippen molar-refractivity contribution in [2.75, 3.05) is 29.6 Å². The normalized spacial score (nSPS) is 16.2. The number of nitrogens with zero attached hydrogens (tertiary/aromatic N) is 5. The van der Waals surface area contributed by atoms with Crippen LogP contribution in [-0.4, -0.2) is 48.4 Å². The molecule has 0 saturated carbocycles. The van der Waals surface area contributed by atoms with Gasteiger partial charge in [0.25, 0.3) is 0 Å². The minimum atomic E-state index is -3.35. The lowest BCUT2D eigenvalue weighted by Crippen LogP contribution is -2.33. The molecule has 142 valence electrons. The van der Waals surface area contributed by atoms with Gasteiger partial charge in [0.05, 0.1) is 10.6 Å².